The Bertz CT molecular complexity index is 861. The summed E-state index contributed by atoms with van der Waals surface area (Å²) in [6.07, 6.45) is 1.06. The summed E-state index contributed by atoms with van der Waals surface area (Å²) >= 11 is 1.86. The van der Waals surface area contributed by atoms with Gasteiger partial charge in [-0.3, -0.25) is 0 Å². The van der Waals surface area contributed by atoms with E-state index in [-0.39, 0.29) is 0 Å². The van der Waals surface area contributed by atoms with Crippen LogP contribution < -0.4 is 15.9 Å². The maximum absolute atomic E-state index is 2.63. The molecule has 130 valence electrons. The summed E-state index contributed by atoms with van der Waals surface area (Å²) in [4.78, 5) is 1.45. The molecule has 1 aromatic heterocycles. The van der Waals surface area contributed by atoms with E-state index in [1.165, 1.54) is 20.8 Å². The van der Waals surface area contributed by atoms with Gasteiger partial charge in [0.25, 0.3) is 0 Å². The molecule has 0 amide bonds. The van der Waals surface area contributed by atoms with Gasteiger partial charge >= 0.3 is 160 Å². The number of benzene rings is 3. The van der Waals surface area contributed by atoms with Gasteiger partial charge in [0, 0.05) is 0 Å². The van der Waals surface area contributed by atoms with Crippen molar-refractivity contribution >= 4 is 33.9 Å². The normalized spacial score (nSPS) is 13.0. The Morgan fingerprint density at radius 3 is 1.35 bits per heavy atom. The van der Waals surface area contributed by atoms with Crippen molar-refractivity contribution < 1.29 is 0 Å². The van der Waals surface area contributed by atoms with Gasteiger partial charge in [0.1, 0.15) is 0 Å². The van der Waals surface area contributed by atoms with Crippen molar-refractivity contribution in [3.05, 3.63) is 113 Å². The first-order valence-corrected chi connectivity index (χ1v) is 12.7. The molecule has 2 heteroatoms. The Labute approximate surface area is 160 Å². The average molecular weight is 374 g/mol. The molecule has 0 unspecified atom stereocenters. The predicted molar refractivity (Wildman–Crippen MR) is 119 cm³/mol. The van der Waals surface area contributed by atoms with E-state index in [4.69, 9.17) is 0 Å². The van der Waals surface area contributed by atoms with Crippen molar-refractivity contribution in [3.63, 3.8) is 0 Å². The molecule has 0 N–H and O–H groups in total. The van der Waals surface area contributed by atoms with Crippen LogP contribution in [0.2, 0.25) is 0 Å². The summed E-state index contributed by atoms with van der Waals surface area (Å²) in [7, 11) is 0. The molecule has 1 heterocycles. The molecule has 0 fully saturated rings. The van der Waals surface area contributed by atoms with E-state index in [0.29, 0.717) is 0 Å². The van der Waals surface area contributed by atoms with Crippen LogP contribution >= 0.6 is 17.9 Å². The summed E-state index contributed by atoms with van der Waals surface area (Å²) in [6, 6.07) is 37.8. The van der Waals surface area contributed by atoms with Crippen molar-refractivity contribution in [2.24, 2.45) is 0 Å². The quantitative estimate of drug-likeness (QED) is 0.410. The van der Waals surface area contributed by atoms with Gasteiger partial charge in [-0.2, -0.15) is 0 Å². The summed E-state index contributed by atoms with van der Waals surface area (Å²) in [5.74, 6) is 0. The Morgan fingerprint density at radius 2 is 1.00 bits per heavy atom. The van der Waals surface area contributed by atoms with Crippen LogP contribution in [-0.2, 0) is 6.16 Å². The number of thiophene rings is 1. The van der Waals surface area contributed by atoms with Crippen LogP contribution in [0.1, 0.15) is 4.88 Å². The van der Waals surface area contributed by atoms with Crippen LogP contribution in [-0.4, -0.2) is 6.66 Å². The van der Waals surface area contributed by atoms with Gasteiger partial charge in [0.2, 0.25) is 0 Å². The van der Waals surface area contributed by atoms with Crippen LogP contribution in [0.15, 0.2) is 109 Å². The zero-order valence-electron chi connectivity index (χ0n) is 15.0. The molecule has 0 saturated carbocycles. The van der Waals surface area contributed by atoms with E-state index in [9.17, 15) is 0 Å². The molecular weight excluding hydrogens is 351 g/mol. The average Bonchev–Trinajstić information content (AvgIpc) is 3.23. The minimum absolute atomic E-state index is 1.06. The third kappa shape index (κ3) is 2.72. The van der Waals surface area contributed by atoms with E-state index >= 15 is 0 Å². The van der Waals surface area contributed by atoms with Crippen molar-refractivity contribution in [2.45, 2.75) is 6.16 Å². The van der Waals surface area contributed by atoms with Crippen LogP contribution in [0.3, 0.4) is 0 Å². The van der Waals surface area contributed by atoms with E-state index in [1.54, 1.807) is 0 Å². The fraction of sp³-hybridized carbons (Fsp3) is 0.0833. The molecule has 0 nitrogen and oxygen atoms in total. The first-order chi connectivity index (χ1) is 12.7. The second-order valence-electron chi connectivity index (χ2n) is 7.04. The SMILES string of the molecule is CP(Cc1cccs1)(c1ccccc1)(c1ccccc1)c1ccccc1. The summed E-state index contributed by atoms with van der Waals surface area (Å²) < 4.78 is 0. The molecule has 0 spiro atoms. The van der Waals surface area contributed by atoms with Crippen molar-refractivity contribution in [3.8, 4) is 0 Å². The van der Waals surface area contributed by atoms with Gasteiger partial charge in [-0.25, -0.2) is 0 Å². The maximum atomic E-state index is 2.53. The van der Waals surface area contributed by atoms with Crippen LogP contribution in [0.25, 0.3) is 0 Å². The molecule has 26 heavy (non-hydrogen) atoms. The first-order valence-electron chi connectivity index (χ1n) is 8.92. The van der Waals surface area contributed by atoms with Gasteiger partial charge in [0.15, 0.2) is 0 Å². The summed E-state index contributed by atoms with van der Waals surface area (Å²) in [5, 5.41) is 6.54. The van der Waals surface area contributed by atoms with Crippen molar-refractivity contribution in [1.29, 1.82) is 0 Å². The van der Waals surface area contributed by atoms with Crippen molar-refractivity contribution in [2.75, 3.05) is 6.66 Å². The van der Waals surface area contributed by atoms with Gasteiger partial charge < -0.3 is 0 Å². The molecular formula is C24H23PS. The molecule has 0 aliphatic rings. The molecule has 0 bridgehead atoms. The molecule has 0 aliphatic carbocycles. The monoisotopic (exact) mass is 374 g/mol. The van der Waals surface area contributed by atoms with Gasteiger partial charge in [-0.05, 0) is 0 Å². The van der Waals surface area contributed by atoms with Crippen LogP contribution in [0.5, 0.6) is 0 Å². The fourth-order valence-corrected chi connectivity index (χ4v) is 11.0. The zero-order valence-corrected chi connectivity index (χ0v) is 16.7. The third-order valence-corrected chi connectivity index (χ3v) is 12.8. The fourth-order valence-electron chi connectivity index (χ4n) is 4.01. The van der Waals surface area contributed by atoms with Crippen LogP contribution in [0, 0.1) is 0 Å². The summed E-state index contributed by atoms with van der Waals surface area (Å²) in [6.45, 7) is -0.0977. The van der Waals surface area contributed by atoms with Crippen LogP contribution in [0.4, 0.5) is 0 Å². The number of rotatable bonds is 5. The molecule has 4 aromatic rings. The Kier molecular flexibility index (Phi) is 4.53. The first kappa shape index (κ1) is 17.2. The third-order valence-electron chi connectivity index (χ3n) is 5.50. The van der Waals surface area contributed by atoms with Gasteiger partial charge in [-0.15, -0.1) is 0 Å². The van der Waals surface area contributed by atoms with Crippen molar-refractivity contribution in [1.82, 2.24) is 0 Å². The van der Waals surface area contributed by atoms with E-state index in [1.807, 2.05) is 11.3 Å². The molecule has 3 aromatic carbocycles. The van der Waals surface area contributed by atoms with E-state index in [2.05, 4.69) is 115 Å². The minimum atomic E-state index is -2.63. The van der Waals surface area contributed by atoms with Gasteiger partial charge in [0.05, 0.1) is 0 Å². The van der Waals surface area contributed by atoms with E-state index in [0.717, 1.165) is 6.16 Å². The molecule has 0 aliphatic heterocycles. The Balaban J connectivity index is 2.10. The Hall–Kier alpha value is -2.21. The second-order valence-corrected chi connectivity index (χ2v) is 13.5. The van der Waals surface area contributed by atoms with E-state index < -0.39 is 6.60 Å². The summed E-state index contributed by atoms with van der Waals surface area (Å²) in [5.41, 5.74) is 0. The standard InChI is InChI=1S/C24H23PS/c1-25(20-24-18-11-19-26-24,21-12-5-2-6-13-21,22-14-7-3-8-15-22)23-16-9-4-10-17-23/h2-19H,20H2,1H3. The predicted octanol–water partition coefficient (Wildman–Crippen LogP) is 5.41. The molecule has 0 atom stereocenters. The van der Waals surface area contributed by atoms with Gasteiger partial charge in [-0.1, -0.05) is 0 Å². The topological polar surface area (TPSA) is 0 Å². The zero-order chi connectivity index (χ0) is 17.9. The molecule has 0 saturated heterocycles. The molecule has 4 rings (SSSR count). The molecule has 0 radical (unpaired) electrons. The number of hydrogen-bond donors (Lipinski definition) is 0. The Morgan fingerprint density at radius 1 is 0.577 bits per heavy atom. The number of hydrogen-bond acceptors (Lipinski definition) is 1. The second kappa shape index (κ2) is 6.83.